The van der Waals surface area contributed by atoms with Gasteiger partial charge in [0.2, 0.25) is 5.91 Å². The van der Waals surface area contributed by atoms with Crippen molar-refractivity contribution in [1.82, 2.24) is 29.6 Å². The first-order chi connectivity index (χ1) is 17.7. The van der Waals surface area contributed by atoms with Crippen molar-refractivity contribution < 1.29 is 14.3 Å². The molecule has 2 saturated heterocycles. The molecule has 2 aliphatic heterocycles. The lowest BCUT2D eigenvalue weighted by Crippen LogP contribution is -2.49. The zero-order valence-electron chi connectivity index (χ0n) is 20.9. The molecular weight excluding hydrogens is 456 g/mol. The van der Waals surface area contributed by atoms with E-state index in [9.17, 15) is 9.59 Å². The molecule has 1 aromatic carbocycles. The van der Waals surface area contributed by atoms with Gasteiger partial charge in [-0.05, 0) is 5.56 Å². The Balaban J connectivity index is 1.24. The van der Waals surface area contributed by atoms with Crippen molar-refractivity contribution in [2.24, 2.45) is 0 Å². The maximum Gasteiger partial charge on any atom is 0.274 e. The molecule has 0 bridgehead atoms. The number of carbonyl (C=O) groups is 2. The van der Waals surface area contributed by atoms with E-state index in [2.05, 4.69) is 44.1 Å². The Morgan fingerprint density at radius 2 is 1.72 bits per heavy atom. The molecule has 2 fully saturated rings. The molecule has 0 aliphatic carbocycles. The van der Waals surface area contributed by atoms with E-state index in [0.717, 1.165) is 39.3 Å². The molecule has 0 atom stereocenters. The molecule has 2 amide bonds. The molecule has 0 N–H and O–H groups in total. The topological polar surface area (TPSA) is 82.1 Å². The normalized spacial score (nSPS) is 17.4. The number of carbonyl (C=O) groups excluding carboxylic acids is 2. The molecule has 36 heavy (non-hydrogen) atoms. The van der Waals surface area contributed by atoms with Crippen LogP contribution in [0.3, 0.4) is 0 Å². The molecule has 0 spiro atoms. The maximum atomic E-state index is 13.1. The summed E-state index contributed by atoms with van der Waals surface area (Å²) in [5.41, 5.74) is 1.50. The fourth-order valence-electron chi connectivity index (χ4n) is 4.44. The number of aromatic nitrogens is 2. The van der Waals surface area contributed by atoms with Gasteiger partial charge in [0.25, 0.3) is 5.91 Å². The van der Waals surface area contributed by atoms with Crippen LogP contribution in [0.1, 0.15) is 22.5 Å². The first-order valence-electron chi connectivity index (χ1n) is 12.8. The van der Waals surface area contributed by atoms with Gasteiger partial charge in [-0.1, -0.05) is 42.5 Å². The predicted octanol–water partition coefficient (Wildman–Crippen LogP) is 1.50. The summed E-state index contributed by atoms with van der Waals surface area (Å²) < 4.78 is 5.42. The van der Waals surface area contributed by atoms with Crippen LogP contribution >= 0.6 is 0 Å². The summed E-state index contributed by atoms with van der Waals surface area (Å²) >= 11 is 0. The third-order valence-electron chi connectivity index (χ3n) is 6.65. The fraction of sp³-hybridized carbons (Fsp3) is 0.481. The Morgan fingerprint density at radius 3 is 2.44 bits per heavy atom. The summed E-state index contributed by atoms with van der Waals surface area (Å²) in [6.45, 7) is 8.81. The van der Waals surface area contributed by atoms with E-state index in [1.165, 1.54) is 18.0 Å². The number of ether oxygens (including phenoxy) is 1. The quantitative estimate of drug-likeness (QED) is 0.497. The SMILES string of the molecule is O=C(CCN(CCN1CCOCC1)C(=O)c1cnccn1)N1CCN(CC=Cc2ccccc2)CC1. The van der Waals surface area contributed by atoms with Crippen LogP contribution in [0.2, 0.25) is 0 Å². The molecule has 9 nitrogen and oxygen atoms in total. The van der Waals surface area contributed by atoms with Crippen LogP contribution in [0.15, 0.2) is 55.0 Å². The Hall–Kier alpha value is -3.14. The standard InChI is InChI=1S/C27H36N6O3/c34-26(32-16-13-30(14-17-32)11-4-7-24-5-2-1-3-6-24)8-12-33(18-15-31-19-21-36-22-20-31)27(35)25-23-28-9-10-29-25/h1-7,9-10,23H,8,11-22H2. The van der Waals surface area contributed by atoms with Gasteiger partial charge in [-0.3, -0.25) is 24.4 Å². The van der Waals surface area contributed by atoms with Crippen molar-refractivity contribution in [1.29, 1.82) is 0 Å². The van der Waals surface area contributed by atoms with E-state index in [1.807, 2.05) is 23.1 Å². The Labute approximate surface area is 213 Å². The lowest BCUT2D eigenvalue weighted by molar-refractivity contribution is -0.133. The monoisotopic (exact) mass is 492 g/mol. The number of hydrogen-bond acceptors (Lipinski definition) is 7. The van der Waals surface area contributed by atoms with Crippen LogP contribution in [0, 0.1) is 0 Å². The molecule has 1 aromatic heterocycles. The first kappa shape index (κ1) is 25.9. The molecule has 2 aliphatic rings. The minimum Gasteiger partial charge on any atom is -0.379 e. The smallest absolute Gasteiger partial charge is 0.274 e. The van der Waals surface area contributed by atoms with Crippen molar-refractivity contribution >= 4 is 17.9 Å². The average molecular weight is 493 g/mol. The lowest BCUT2D eigenvalue weighted by Gasteiger charge is -2.35. The van der Waals surface area contributed by atoms with Gasteiger partial charge in [-0.25, -0.2) is 4.98 Å². The number of nitrogens with zero attached hydrogens (tertiary/aromatic N) is 6. The van der Waals surface area contributed by atoms with Crippen molar-refractivity contribution in [2.45, 2.75) is 6.42 Å². The summed E-state index contributed by atoms with van der Waals surface area (Å²) in [6, 6.07) is 10.3. The predicted molar refractivity (Wildman–Crippen MR) is 138 cm³/mol. The van der Waals surface area contributed by atoms with Gasteiger partial charge in [0.05, 0.1) is 19.4 Å². The minimum atomic E-state index is -0.181. The van der Waals surface area contributed by atoms with E-state index in [0.29, 0.717) is 51.5 Å². The van der Waals surface area contributed by atoms with Crippen molar-refractivity contribution in [3.63, 3.8) is 0 Å². The van der Waals surface area contributed by atoms with E-state index in [4.69, 9.17) is 4.74 Å². The number of benzene rings is 1. The zero-order chi connectivity index (χ0) is 25.0. The van der Waals surface area contributed by atoms with Crippen LogP contribution in [0.25, 0.3) is 6.08 Å². The second-order valence-corrected chi connectivity index (χ2v) is 9.08. The highest BCUT2D eigenvalue weighted by molar-refractivity contribution is 5.92. The van der Waals surface area contributed by atoms with Crippen LogP contribution < -0.4 is 0 Å². The first-order valence-corrected chi connectivity index (χ1v) is 12.8. The second-order valence-electron chi connectivity index (χ2n) is 9.08. The van der Waals surface area contributed by atoms with Gasteiger partial charge in [0.1, 0.15) is 5.69 Å². The van der Waals surface area contributed by atoms with Crippen LogP contribution in [0.4, 0.5) is 0 Å². The largest absolute Gasteiger partial charge is 0.379 e. The molecular formula is C27H36N6O3. The highest BCUT2D eigenvalue weighted by Crippen LogP contribution is 2.09. The average Bonchev–Trinajstić information content (AvgIpc) is 2.94. The Bertz CT molecular complexity index is 974. The van der Waals surface area contributed by atoms with Gasteiger partial charge >= 0.3 is 0 Å². The number of rotatable bonds is 10. The van der Waals surface area contributed by atoms with Crippen molar-refractivity contribution in [2.75, 3.05) is 78.7 Å². The van der Waals surface area contributed by atoms with Gasteiger partial charge in [0.15, 0.2) is 0 Å². The number of morpholine rings is 1. The number of hydrogen-bond donors (Lipinski definition) is 0. The molecule has 192 valence electrons. The Kier molecular flexibility index (Phi) is 9.96. The summed E-state index contributed by atoms with van der Waals surface area (Å²) in [6.07, 6.45) is 9.18. The second kappa shape index (κ2) is 13.8. The fourth-order valence-corrected chi connectivity index (χ4v) is 4.44. The van der Waals surface area contributed by atoms with Gasteiger partial charge in [-0.15, -0.1) is 0 Å². The molecule has 9 heteroatoms. The van der Waals surface area contributed by atoms with Crippen molar-refractivity contribution in [3.8, 4) is 0 Å². The van der Waals surface area contributed by atoms with E-state index >= 15 is 0 Å². The number of amides is 2. The van der Waals surface area contributed by atoms with E-state index in [1.54, 1.807) is 11.1 Å². The molecule has 0 unspecified atom stereocenters. The molecule has 4 rings (SSSR count). The molecule has 0 radical (unpaired) electrons. The Morgan fingerprint density at radius 1 is 0.944 bits per heavy atom. The van der Waals surface area contributed by atoms with Gasteiger partial charge < -0.3 is 14.5 Å². The highest BCUT2D eigenvalue weighted by Gasteiger charge is 2.24. The van der Waals surface area contributed by atoms with Crippen LogP contribution in [-0.4, -0.2) is 120 Å². The molecule has 0 saturated carbocycles. The molecule has 2 aromatic rings. The van der Waals surface area contributed by atoms with Crippen LogP contribution in [0.5, 0.6) is 0 Å². The van der Waals surface area contributed by atoms with Crippen molar-refractivity contribution in [3.05, 3.63) is 66.3 Å². The third kappa shape index (κ3) is 7.94. The van der Waals surface area contributed by atoms with Crippen LogP contribution in [-0.2, 0) is 9.53 Å². The highest BCUT2D eigenvalue weighted by atomic mass is 16.5. The number of piperazine rings is 1. The maximum absolute atomic E-state index is 13.1. The zero-order valence-corrected chi connectivity index (χ0v) is 20.9. The summed E-state index contributed by atoms with van der Waals surface area (Å²) in [4.78, 5) is 42.6. The minimum absolute atomic E-state index is 0.0952. The summed E-state index contributed by atoms with van der Waals surface area (Å²) in [5, 5.41) is 0. The van der Waals surface area contributed by atoms with Gasteiger partial charge in [0, 0.05) is 84.3 Å². The third-order valence-corrected chi connectivity index (χ3v) is 6.65. The van der Waals surface area contributed by atoms with Gasteiger partial charge in [-0.2, -0.15) is 0 Å². The summed E-state index contributed by atoms with van der Waals surface area (Å²) in [5.74, 6) is -0.0861. The summed E-state index contributed by atoms with van der Waals surface area (Å²) in [7, 11) is 0. The van der Waals surface area contributed by atoms with E-state index < -0.39 is 0 Å². The lowest BCUT2D eigenvalue weighted by atomic mass is 10.2. The van der Waals surface area contributed by atoms with E-state index in [-0.39, 0.29) is 11.8 Å². The molecule has 3 heterocycles.